The van der Waals surface area contributed by atoms with Gasteiger partial charge in [-0.3, -0.25) is 13.9 Å². The topological polar surface area (TPSA) is 61.8 Å². The van der Waals surface area contributed by atoms with Gasteiger partial charge in [0.1, 0.15) is 5.75 Å². The van der Waals surface area contributed by atoms with Crippen LogP contribution in [0.2, 0.25) is 5.02 Å². The molecule has 2 atom stereocenters. The molecule has 2 unspecified atom stereocenters. The molecule has 0 N–H and O–H groups in total. The molecule has 0 aliphatic heterocycles. The number of hydrogen-bond donors (Lipinski definition) is 0. The molecule has 0 saturated carbocycles. The van der Waals surface area contributed by atoms with E-state index in [1.807, 2.05) is 30.3 Å². The largest absolute Gasteiger partial charge is 0.496 e. The number of carbonyl (C=O) groups excluding carboxylic acids is 1. The van der Waals surface area contributed by atoms with Crippen molar-refractivity contribution in [3.8, 4) is 5.75 Å². The summed E-state index contributed by atoms with van der Waals surface area (Å²) in [4.78, 5) is 12.3. The van der Waals surface area contributed by atoms with Crippen LogP contribution in [0.25, 0.3) is 0 Å². The van der Waals surface area contributed by atoms with Gasteiger partial charge < -0.3 is 9.47 Å². The Morgan fingerprint density at radius 1 is 1.17 bits per heavy atom. The summed E-state index contributed by atoms with van der Waals surface area (Å²) in [5.41, 5.74) is 0.310. The van der Waals surface area contributed by atoms with E-state index in [1.165, 1.54) is 13.2 Å². The van der Waals surface area contributed by atoms with Crippen molar-refractivity contribution in [1.82, 2.24) is 0 Å². The molecule has 0 amide bonds. The highest BCUT2D eigenvalue weighted by Gasteiger charge is 2.24. The minimum atomic E-state index is -3.05. The van der Waals surface area contributed by atoms with Crippen LogP contribution in [0.15, 0.2) is 48.5 Å². The van der Waals surface area contributed by atoms with Crippen LogP contribution >= 0.6 is 19.6 Å². The zero-order valence-corrected chi connectivity index (χ0v) is 15.1. The molecule has 7 heteroatoms. The molecule has 0 aliphatic carbocycles. The summed E-state index contributed by atoms with van der Waals surface area (Å²) in [6.07, 6.45) is -0.797. The van der Waals surface area contributed by atoms with Crippen molar-refractivity contribution < 1.29 is 23.4 Å². The highest BCUT2D eigenvalue weighted by Crippen LogP contribution is 2.37. The second-order valence-electron chi connectivity index (χ2n) is 4.92. The van der Waals surface area contributed by atoms with E-state index in [9.17, 15) is 9.36 Å². The average molecular weight is 369 g/mol. The molecule has 0 saturated heterocycles. The third-order valence-electron chi connectivity index (χ3n) is 3.21. The summed E-state index contributed by atoms with van der Waals surface area (Å²) < 4.78 is 28.0. The predicted octanol–water partition coefficient (Wildman–Crippen LogP) is 4.54. The van der Waals surface area contributed by atoms with Gasteiger partial charge in [-0.2, -0.15) is 0 Å². The van der Waals surface area contributed by atoms with Crippen molar-refractivity contribution in [3.05, 3.63) is 64.7 Å². The van der Waals surface area contributed by atoms with E-state index in [0.29, 0.717) is 6.61 Å². The fourth-order valence-electron chi connectivity index (χ4n) is 2.02. The monoisotopic (exact) mass is 368 g/mol. The molecule has 5 nitrogen and oxygen atoms in total. The molecule has 0 spiro atoms. The zero-order valence-electron chi connectivity index (χ0n) is 13.3. The van der Waals surface area contributed by atoms with E-state index >= 15 is 0 Å². The van der Waals surface area contributed by atoms with Crippen molar-refractivity contribution in [2.45, 2.75) is 19.8 Å². The number of halogens is 1. The molecule has 0 heterocycles. The van der Waals surface area contributed by atoms with Crippen molar-refractivity contribution in [3.63, 3.8) is 0 Å². The first kappa shape index (κ1) is 18.7. The molecule has 0 bridgehead atoms. The molecule has 0 aromatic heterocycles. The van der Waals surface area contributed by atoms with Crippen molar-refractivity contribution in [1.29, 1.82) is 0 Å². The Bertz CT molecular complexity index is 720. The minimum Gasteiger partial charge on any atom is -0.496 e. The van der Waals surface area contributed by atoms with Gasteiger partial charge in [-0.1, -0.05) is 48.0 Å². The van der Waals surface area contributed by atoms with Gasteiger partial charge in [0.2, 0.25) is 5.52 Å². The molecular weight excluding hydrogens is 351 g/mol. The van der Waals surface area contributed by atoms with Crippen LogP contribution in [0, 0.1) is 0 Å². The van der Waals surface area contributed by atoms with Crippen LogP contribution in [-0.4, -0.2) is 18.9 Å². The number of benzene rings is 2. The molecule has 0 radical (unpaired) electrons. The number of methoxy groups -OCH3 is 1. The average Bonchev–Trinajstić information content (AvgIpc) is 2.60. The van der Waals surface area contributed by atoms with Crippen LogP contribution < -0.4 is 4.74 Å². The molecule has 24 heavy (non-hydrogen) atoms. The second-order valence-corrected chi connectivity index (χ2v) is 6.59. The Balaban J connectivity index is 1.98. The maximum absolute atomic E-state index is 12.3. The summed E-state index contributed by atoms with van der Waals surface area (Å²) in [6.45, 7) is 1.88. The van der Waals surface area contributed by atoms with Crippen LogP contribution in [0.3, 0.4) is 0 Å². The van der Waals surface area contributed by atoms with Crippen molar-refractivity contribution in [2.24, 2.45) is 0 Å². The number of hydrogen-bond acceptors (Lipinski definition) is 5. The van der Waals surface area contributed by atoms with Crippen LogP contribution in [0.1, 0.15) is 22.8 Å². The first-order valence-corrected chi connectivity index (χ1v) is 8.95. The Kier molecular flexibility index (Phi) is 7.00. The Labute approximate surface area is 146 Å². The standard InChI is InChI=1S/C17H18ClO5P/c1-12(22-11-13-7-4-3-5-8-13)23-24(20)17(19)16-14(18)9-6-10-15(16)21-2/h3-10,12,24H,11H2,1-2H3. The van der Waals surface area contributed by atoms with Gasteiger partial charge in [0, 0.05) is 0 Å². The maximum Gasteiger partial charge on any atom is 0.262 e. The first-order chi connectivity index (χ1) is 11.5. The number of carbonyl (C=O) groups is 1. The van der Waals surface area contributed by atoms with Gasteiger partial charge in [0.25, 0.3) is 8.03 Å². The SMILES string of the molecule is COc1cccc(Cl)c1C(=O)[PH](=O)OC(C)OCc1ccccc1. The van der Waals surface area contributed by atoms with Gasteiger partial charge in [-0.05, 0) is 24.6 Å². The van der Waals surface area contributed by atoms with E-state index in [0.717, 1.165) is 5.56 Å². The number of rotatable bonds is 8. The molecular formula is C17H18ClO5P. The Morgan fingerprint density at radius 2 is 1.88 bits per heavy atom. The molecule has 2 aromatic rings. The summed E-state index contributed by atoms with van der Waals surface area (Å²) in [5, 5.41) is 0.166. The predicted molar refractivity (Wildman–Crippen MR) is 93.1 cm³/mol. The van der Waals surface area contributed by atoms with Gasteiger partial charge in [0.15, 0.2) is 6.29 Å². The third kappa shape index (κ3) is 4.92. The molecule has 0 fully saturated rings. The van der Waals surface area contributed by atoms with E-state index in [1.54, 1.807) is 19.1 Å². The molecule has 2 aromatic carbocycles. The first-order valence-electron chi connectivity index (χ1n) is 7.26. The Morgan fingerprint density at radius 3 is 2.54 bits per heavy atom. The highest BCUT2D eigenvalue weighted by molar-refractivity contribution is 7.60. The number of ether oxygens (including phenoxy) is 2. The van der Waals surface area contributed by atoms with Gasteiger partial charge in [0.05, 0.1) is 24.3 Å². The lowest BCUT2D eigenvalue weighted by molar-refractivity contribution is -0.0711. The third-order valence-corrected chi connectivity index (χ3v) is 4.69. The van der Waals surface area contributed by atoms with Crippen molar-refractivity contribution in [2.75, 3.05) is 7.11 Å². The molecule has 2 rings (SSSR count). The quantitative estimate of drug-likeness (QED) is 0.505. The second kappa shape index (κ2) is 9.00. The van der Waals surface area contributed by atoms with E-state index < -0.39 is 19.8 Å². The smallest absolute Gasteiger partial charge is 0.262 e. The highest BCUT2D eigenvalue weighted by atomic mass is 35.5. The lowest BCUT2D eigenvalue weighted by Crippen LogP contribution is -2.11. The van der Waals surface area contributed by atoms with E-state index in [2.05, 4.69) is 0 Å². The zero-order chi connectivity index (χ0) is 17.5. The van der Waals surface area contributed by atoms with Crippen LogP contribution in [0.5, 0.6) is 5.75 Å². The molecule has 0 aliphatic rings. The van der Waals surface area contributed by atoms with Gasteiger partial charge in [-0.15, -0.1) is 0 Å². The van der Waals surface area contributed by atoms with Crippen LogP contribution in [-0.2, 0) is 20.4 Å². The minimum absolute atomic E-state index is 0.0563. The molecule has 128 valence electrons. The Hall–Kier alpha value is -1.65. The van der Waals surface area contributed by atoms with E-state index in [4.69, 9.17) is 25.6 Å². The fourth-order valence-corrected chi connectivity index (χ4v) is 3.29. The summed E-state index contributed by atoms with van der Waals surface area (Å²) in [6, 6.07) is 14.2. The maximum atomic E-state index is 12.3. The summed E-state index contributed by atoms with van der Waals surface area (Å²) in [5.74, 6) is 0.257. The fraction of sp³-hybridized carbons (Fsp3) is 0.235. The van der Waals surface area contributed by atoms with E-state index in [-0.39, 0.29) is 16.3 Å². The lowest BCUT2D eigenvalue weighted by Gasteiger charge is -2.14. The van der Waals surface area contributed by atoms with Crippen LogP contribution in [0.4, 0.5) is 0 Å². The van der Waals surface area contributed by atoms with Gasteiger partial charge in [-0.25, -0.2) is 0 Å². The summed E-state index contributed by atoms with van der Waals surface area (Å²) >= 11 is 6.01. The lowest BCUT2D eigenvalue weighted by atomic mass is 10.2. The summed E-state index contributed by atoms with van der Waals surface area (Å²) in [7, 11) is -1.65. The normalized spacial score (nSPS) is 13.3. The van der Waals surface area contributed by atoms with Gasteiger partial charge >= 0.3 is 0 Å². The van der Waals surface area contributed by atoms with Crippen molar-refractivity contribution >= 4 is 25.2 Å².